The molecular formula is C18H28N2O4. The summed E-state index contributed by atoms with van der Waals surface area (Å²) < 4.78 is 10.2. The summed E-state index contributed by atoms with van der Waals surface area (Å²) in [5, 5.41) is 2.72. The van der Waals surface area contributed by atoms with Crippen molar-refractivity contribution in [3.05, 3.63) is 35.9 Å². The number of benzene rings is 1. The third-order valence-corrected chi connectivity index (χ3v) is 3.69. The third-order valence-electron chi connectivity index (χ3n) is 3.69. The zero-order chi connectivity index (χ0) is 17.9. The zero-order valence-electron chi connectivity index (χ0n) is 15.0. The first-order chi connectivity index (χ1) is 11.5. The number of rotatable bonds is 10. The van der Waals surface area contributed by atoms with Crippen LogP contribution in [0.4, 0.5) is 0 Å². The molecule has 0 heterocycles. The number of esters is 1. The predicted molar refractivity (Wildman–Crippen MR) is 92.5 cm³/mol. The summed E-state index contributed by atoms with van der Waals surface area (Å²) in [6.07, 6.45) is 0. The van der Waals surface area contributed by atoms with Gasteiger partial charge in [0.2, 0.25) is 0 Å². The predicted octanol–water partition coefficient (Wildman–Crippen LogP) is 1.76. The van der Waals surface area contributed by atoms with Crippen LogP contribution in [-0.2, 0) is 19.1 Å². The molecule has 1 aromatic carbocycles. The third kappa shape index (κ3) is 6.29. The first kappa shape index (κ1) is 20.1. The van der Waals surface area contributed by atoms with Crippen LogP contribution in [-0.4, -0.2) is 56.2 Å². The Labute approximate surface area is 144 Å². The van der Waals surface area contributed by atoms with Crippen molar-refractivity contribution < 1.29 is 19.1 Å². The Balaban J connectivity index is 2.70. The summed E-state index contributed by atoms with van der Waals surface area (Å²) in [5.41, 5.74) is 0.861. The highest BCUT2D eigenvalue weighted by Gasteiger charge is 2.27. The van der Waals surface area contributed by atoms with E-state index in [0.29, 0.717) is 19.7 Å². The molecule has 0 aromatic heterocycles. The monoisotopic (exact) mass is 336 g/mol. The van der Waals surface area contributed by atoms with Gasteiger partial charge in [-0.25, -0.2) is 4.79 Å². The van der Waals surface area contributed by atoms with Crippen LogP contribution in [0.25, 0.3) is 0 Å². The fraction of sp³-hybridized carbons (Fsp3) is 0.556. The average molecular weight is 336 g/mol. The van der Waals surface area contributed by atoms with Crippen LogP contribution in [0.5, 0.6) is 0 Å². The van der Waals surface area contributed by atoms with E-state index < -0.39 is 12.0 Å². The minimum absolute atomic E-state index is 0.131. The molecule has 0 bridgehead atoms. The average Bonchev–Trinajstić information content (AvgIpc) is 2.58. The van der Waals surface area contributed by atoms with Gasteiger partial charge in [0.1, 0.15) is 6.04 Å². The second kappa shape index (κ2) is 10.8. The number of nitrogens with one attached hydrogen (secondary N) is 1. The smallest absolute Gasteiger partial charge is 0.328 e. The SMILES string of the molecule is CCN(CC)[C@@H](C(=O)OCC(=O)N[C@H](C)COC)c1ccccc1. The maximum absolute atomic E-state index is 12.6. The van der Waals surface area contributed by atoms with Gasteiger partial charge >= 0.3 is 5.97 Å². The molecule has 1 rings (SSSR count). The van der Waals surface area contributed by atoms with Crippen molar-refractivity contribution in [3.8, 4) is 0 Å². The summed E-state index contributed by atoms with van der Waals surface area (Å²) in [7, 11) is 1.57. The van der Waals surface area contributed by atoms with Gasteiger partial charge in [-0.05, 0) is 25.6 Å². The Morgan fingerprint density at radius 1 is 1.17 bits per heavy atom. The largest absolute Gasteiger partial charge is 0.454 e. The highest BCUT2D eigenvalue weighted by Crippen LogP contribution is 2.21. The number of carbonyl (C=O) groups excluding carboxylic acids is 2. The van der Waals surface area contributed by atoms with E-state index in [9.17, 15) is 9.59 Å². The summed E-state index contributed by atoms with van der Waals surface area (Å²) in [5.74, 6) is -0.751. The normalized spacial score (nSPS) is 13.4. The fourth-order valence-corrected chi connectivity index (χ4v) is 2.54. The van der Waals surface area contributed by atoms with Crippen LogP contribution in [0.15, 0.2) is 30.3 Å². The van der Waals surface area contributed by atoms with Crippen molar-refractivity contribution in [2.24, 2.45) is 0 Å². The van der Waals surface area contributed by atoms with Gasteiger partial charge in [0.15, 0.2) is 6.61 Å². The van der Waals surface area contributed by atoms with Crippen molar-refractivity contribution in [2.45, 2.75) is 32.9 Å². The van der Waals surface area contributed by atoms with E-state index in [0.717, 1.165) is 5.56 Å². The number of hydrogen-bond acceptors (Lipinski definition) is 5. The highest BCUT2D eigenvalue weighted by atomic mass is 16.5. The van der Waals surface area contributed by atoms with Crippen molar-refractivity contribution in [1.29, 1.82) is 0 Å². The van der Waals surface area contributed by atoms with Crippen LogP contribution in [0.3, 0.4) is 0 Å². The molecule has 0 aliphatic heterocycles. The number of nitrogens with zero attached hydrogens (tertiary/aromatic N) is 1. The van der Waals surface area contributed by atoms with E-state index in [2.05, 4.69) is 5.32 Å². The molecule has 6 heteroatoms. The van der Waals surface area contributed by atoms with Gasteiger partial charge in [0.25, 0.3) is 5.91 Å². The minimum Gasteiger partial charge on any atom is -0.454 e. The van der Waals surface area contributed by atoms with Gasteiger partial charge in [-0.3, -0.25) is 9.69 Å². The molecule has 24 heavy (non-hydrogen) atoms. The molecule has 1 aromatic rings. The Morgan fingerprint density at radius 3 is 2.33 bits per heavy atom. The second-order valence-corrected chi connectivity index (χ2v) is 5.57. The number of ether oxygens (including phenoxy) is 2. The van der Waals surface area contributed by atoms with E-state index in [1.165, 1.54) is 0 Å². The number of amides is 1. The van der Waals surface area contributed by atoms with Gasteiger partial charge in [0, 0.05) is 13.2 Å². The molecule has 0 unspecified atom stereocenters. The van der Waals surface area contributed by atoms with E-state index in [1.807, 2.05) is 56.0 Å². The number of likely N-dealkylation sites (N-methyl/N-ethyl adjacent to an activating group) is 1. The number of hydrogen-bond donors (Lipinski definition) is 1. The molecule has 0 saturated heterocycles. The highest BCUT2D eigenvalue weighted by molar-refractivity contribution is 5.83. The molecule has 2 atom stereocenters. The van der Waals surface area contributed by atoms with E-state index >= 15 is 0 Å². The molecule has 0 radical (unpaired) electrons. The van der Waals surface area contributed by atoms with Gasteiger partial charge in [-0.1, -0.05) is 44.2 Å². The van der Waals surface area contributed by atoms with Crippen molar-refractivity contribution in [2.75, 3.05) is 33.4 Å². The topological polar surface area (TPSA) is 67.9 Å². The Morgan fingerprint density at radius 2 is 1.79 bits per heavy atom. The van der Waals surface area contributed by atoms with Crippen LogP contribution in [0.2, 0.25) is 0 Å². The summed E-state index contributed by atoms with van der Waals surface area (Å²) in [6.45, 7) is 7.34. The summed E-state index contributed by atoms with van der Waals surface area (Å²) in [4.78, 5) is 26.4. The Bertz CT molecular complexity index is 503. The molecule has 1 amide bonds. The molecular weight excluding hydrogens is 308 g/mol. The Kier molecular flexibility index (Phi) is 9.04. The van der Waals surface area contributed by atoms with Crippen molar-refractivity contribution in [1.82, 2.24) is 10.2 Å². The van der Waals surface area contributed by atoms with Crippen LogP contribution in [0, 0.1) is 0 Å². The van der Waals surface area contributed by atoms with Gasteiger partial charge in [-0.15, -0.1) is 0 Å². The molecule has 6 nitrogen and oxygen atoms in total. The minimum atomic E-state index is -0.509. The maximum Gasteiger partial charge on any atom is 0.328 e. The lowest BCUT2D eigenvalue weighted by atomic mass is 10.1. The van der Waals surface area contributed by atoms with Crippen molar-refractivity contribution in [3.63, 3.8) is 0 Å². The van der Waals surface area contributed by atoms with Crippen LogP contribution >= 0.6 is 0 Å². The molecule has 0 spiro atoms. The van der Waals surface area contributed by atoms with E-state index in [-0.39, 0.29) is 18.6 Å². The first-order valence-corrected chi connectivity index (χ1v) is 8.27. The summed E-state index contributed by atoms with van der Waals surface area (Å²) in [6, 6.07) is 8.82. The molecule has 134 valence electrons. The zero-order valence-corrected chi connectivity index (χ0v) is 15.0. The Hall–Kier alpha value is -1.92. The summed E-state index contributed by atoms with van der Waals surface area (Å²) >= 11 is 0. The lowest BCUT2D eigenvalue weighted by Gasteiger charge is -2.28. The fourth-order valence-electron chi connectivity index (χ4n) is 2.54. The molecule has 0 aliphatic rings. The maximum atomic E-state index is 12.6. The quantitative estimate of drug-likeness (QED) is 0.660. The van der Waals surface area contributed by atoms with E-state index in [4.69, 9.17) is 9.47 Å². The van der Waals surface area contributed by atoms with Crippen LogP contribution < -0.4 is 5.32 Å². The van der Waals surface area contributed by atoms with Crippen LogP contribution in [0.1, 0.15) is 32.4 Å². The standard InChI is InChI=1S/C18H28N2O4/c1-5-20(6-2)17(15-10-8-7-9-11-15)18(22)24-13-16(21)19-14(3)12-23-4/h7-11,14,17H,5-6,12-13H2,1-4H3,(H,19,21)/t14-,17-/m1/s1. The van der Waals surface area contributed by atoms with Gasteiger partial charge in [0.05, 0.1) is 6.61 Å². The number of carbonyl (C=O) groups is 2. The van der Waals surface area contributed by atoms with Gasteiger partial charge in [-0.2, -0.15) is 0 Å². The second-order valence-electron chi connectivity index (χ2n) is 5.57. The first-order valence-electron chi connectivity index (χ1n) is 8.27. The van der Waals surface area contributed by atoms with E-state index in [1.54, 1.807) is 7.11 Å². The van der Waals surface area contributed by atoms with Gasteiger partial charge < -0.3 is 14.8 Å². The lowest BCUT2D eigenvalue weighted by molar-refractivity contribution is -0.154. The lowest BCUT2D eigenvalue weighted by Crippen LogP contribution is -2.40. The molecule has 1 N–H and O–H groups in total. The molecule has 0 fully saturated rings. The molecule has 0 saturated carbocycles. The van der Waals surface area contributed by atoms with Crippen molar-refractivity contribution >= 4 is 11.9 Å². The molecule has 0 aliphatic carbocycles. The number of methoxy groups -OCH3 is 1.